The van der Waals surface area contributed by atoms with Crippen molar-refractivity contribution in [2.24, 2.45) is 11.7 Å². The van der Waals surface area contributed by atoms with Crippen molar-refractivity contribution in [3.05, 3.63) is 35.4 Å². The summed E-state index contributed by atoms with van der Waals surface area (Å²) in [5.74, 6) is -0.528. The molecule has 1 aliphatic carbocycles. The van der Waals surface area contributed by atoms with E-state index in [0.717, 1.165) is 36.8 Å². The summed E-state index contributed by atoms with van der Waals surface area (Å²) in [6.07, 6.45) is 7.52. The van der Waals surface area contributed by atoms with Crippen LogP contribution in [0.3, 0.4) is 0 Å². The molecule has 21 heavy (non-hydrogen) atoms. The molecule has 3 rings (SSSR count). The van der Waals surface area contributed by atoms with E-state index in [9.17, 15) is 9.18 Å². The fourth-order valence-electron chi connectivity index (χ4n) is 2.77. The van der Waals surface area contributed by atoms with Crippen LogP contribution in [0.4, 0.5) is 9.52 Å². The molecule has 1 aromatic rings. The van der Waals surface area contributed by atoms with Crippen molar-refractivity contribution in [1.82, 2.24) is 4.98 Å². The summed E-state index contributed by atoms with van der Waals surface area (Å²) in [6, 6.07) is 0. The number of allylic oxidation sites excluding steroid dienone is 4. The van der Waals surface area contributed by atoms with Crippen LogP contribution in [-0.4, -0.2) is 30.2 Å². The number of hydrogen-bond donors (Lipinski definition) is 1. The van der Waals surface area contributed by atoms with E-state index in [-0.39, 0.29) is 17.7 Å². The molecule has 1 saturated heterocycles. The Morgan fingerprint density at radius 3 is 2.71 bits per heavy atom. The van der Waals surface area contributed by atoms with Gasteiger partial charge in [-0.3, -0.25) is 4.79 Å². The third-order valence-electron chi connectivity index (χ3n) is 4.09. The summed E-state index contributed by atoms with van der Waals surface area (Å²) in [5.41, 5.74) is 6.12. The lowest BCUT2D eigenvalue weighted by Gasteiger charge is -2.30. The number of nitrogens with two attached hydrogens (primary N) is 1. The highest BCUT2D eigenvalue weighted by atomic mass is 32.1. The standard InChI is InChI=1S/C15H18FN3OS/c16-12-4-2-1-3-11(12)13-9-21-15(18-13)19-7-5-10(6-8-19)14(17)20/h1-4,9-12H,5-8H2,(H2,17,20). The third kappa shape index (κ3) is 3.00. The van der Waals surface area contributed by atoms with Gasteiger partial charge in [0.05, 0.1) is 11.6 Å². The summed E-state index contributed by atoms with van der Waals surface area (Å²) in [7, 11) is 0. The normalized spacial score (nSPS) is 26.2. The minimum absolute atomic E-state index is 0.0256. The lowest BCUT2D eigenvalue weighted by Crippen LogP contribution is -2.38. The molecule has 2 aliphatic rings. The van der Waals surface area contributed by atoms with Crippen molar-refractivity contribution >= 4 is 22.4 Å². The maximum absolute atomic E-state index is 13.9. The largest absolute Gasteiger partial charge is 0.369 e. The number of rotatable bonds is 3. The van der Waals surface area contributed by atoms with Crippen LogP contribution < -0.4 is 10.6 Å². The molecular formula is C15H18FN3OS. The Morgan fingerprint density at radius 1 is 1.33 bits per heavy atom. The van der Waals surface area contributed by atoms with Gasteiger partial charge in [-0.15, -0.1) is 11.3 Å². The highest BCUT2D eigenvalue weighted by molar-refractivity contribution is 7.13. The molecule has 1 fully saturated rings. The smallest absolute Gasteiger partial charge is 0.220 e. The maximum atomic E-state index is 13.9. The molecular weight excluding hydrogens is 289 g/mol. The average Bonchev–Trinajstić information content (AvgIpc) is 2.97. The molecule has 0 saturated carbocycles. The van der Waals surface area contributed by atoms with Gasteiger partial charge in [0.15, 0.2) is 5.13 Å². The van der Waals surface area contributed by atoms with Crippen LogP contribution in [0, 0.1) is 5.92 Å². The molecule has 6 heteroatoms. The van der Waals surface area contributed by atoms with E-state index in [0.29, 0.717) is 0 Å². The summed E-state index contributed by atoms with van der Waals surface area (Å²) in [4.78, 5) is 17.9. The minimum atomic E-state index is -1.01. The van der Waals surface area contributed by atoms with E-state index in [4.69, 9.17) is 5.73 Å². The van der Waals surface area contributed by atoms with E-state index in [1.165, 1.54) is 11.3 Å². The van der Waals surface area contributed by atoms with Gasteiger partial charge in [-0.05, 0) is 18.9 Å². The molecule has 0 radical (unpaired) electrons. The molecule has 2 N–H and O–H groups in total. The molecule has 1 amide bonds. The first-order valence-electron chi connectivity index (χ1n) is 7.14. The first-order valence-corrected chi connectivity index (χ1v) is 8.02. The third-order valence-corrected chi connectivity index (χ3v) is 5.01. The molecule has 2 heterocycles. The van der Waals surface area contributed by atoms with Gasteiger partial charge in [-0.1, -0.05) is 18.2 Å². The van der Waals surface area contributed by atoms with Crippen molar-refractivity contribution in [2.75, 3.05) is 18.0 Å². The van der Waals surface area contributed by atoms with Gasteiger partial charge in [0.1, 0.15) is 6.17 Å². The van der Waals surface area contributed by atoms with Crippen LogP contribution in [0.15, 0.2) is 29.7 Å². The molecule has 2 atom stereocenters. The lowest BCUT2D eigenvalue weighted by atomic mass is 9.96. The number of anilines is 1. The quantitative estimate of drug-likeness (QED) is 0.933. The van der Waals surface area contributed by atoms with Crippen molar-refractivity contribution in [3.8, 4) is 0 Å². The first-order chi connectivity index (χ1) is 10.1. The van der Waals surface area contributed by atoms with Gasteiger partial charge < -0.3 is 10.6 Å². The van der Waals surface area contributed by atoms with E-state index >= 15 is 0 Å². The summed E-state index contributed by atoms with van der Waals surface area (Å²) in [5, 5.41) is 2.83. The molecule has 0 spiro atoms. The van der Waals surface area contributed by atoms with Crippen LogP contribution in [-0.2, 0) is 4.79 Å². The van der Waals surface area contributed by atoms with Gasteiger partial charge in [0.25, 0.3) is 0 Å². The molecule has 4 nitrogen and oxygen atoms in total. The number of carbonyl (C=O) groups excluding carboxylic acids is 1. The Labute approximate surface area is 127 Å². The van der Waals surface area contributed by atoms with Gasteiger partial charge in [-0.2, -0.15) is 0 Å². The monoisotopic (exact) mass is 307 g/mol. The average molecular weight is 307 g/mol. The number of halogens is 1. The Morgan fingerprint density at radius 2 is 2.05 bits per heavy atom. The number of aromatic nitrogens is 1. The summed E-state index contributed by atoms with van der Waals surface area (Å²) < 4.78 is 13.9. The lowest BCUT2D eigenvalue weighted by molar-refractivity contribution is -0.122. The Kier molecular flexibility index (Phi) is 4.05. The van der Waals surface area contributed by atoms with Crippen LogP contribution in [0.1, 0.15) is 24.5 Å². The van der Waals surface area contributed by atoms with Crippen molar-refractivity contribution in [2.45, 2.75) is 24.9 Å². The van der Waals surface area contributed by atoms with Crippen LogP contribution in [0.25, 0.3) is 0 Å². The number of amides is 1. The zero-order chi connectivity index (χ0) is 14.8. The maximum Gasteiger partial charge on any atom is 0.220 e. The fourth-order valence-corrected chi connectivity index (χ4v) is 3.70. The summed E-state index contributed by atoms with van der Waals surface area (Å²) in [6.45, 7) is 1.56. The van der Waals surface area contributed by atoms with Gasteiger partial charge in [0, 0.05) is 24.4 Å². The molecule has 2 unspecified atom stereocenters. The van der Waals surface area contributed by atoms with Crippen LogP contribution >= 0.6 is 11.3 Å². The van der Waals surface area contributed by atoms with Crippen LogP contribution in [0.5, 0.6) is 0 Å². The highest BCUT2D eigenvalue weighted by Crippen LogP contribution is 2.32. The molecule has 112 valence electrons. The van der Waals surface area contributed by atoms with Crippen LogP contribution in [0.2, 0.25) is 0 Å². The predicted octanol–water partition coefficient (Wildman–Crippen LogP) is 2.39. The van der Waals surface area contributed by atoms with E-state index in [2.05, 4.69) is 9.88 Å². The van der Waals surface area contributed by atoms with Crippen molar-refractivity contribution in [3.63, 3.8) is 0 Å². The zero-order valence-corrected chi connectivity index (χ0v) is 12.4. The van der Waals surface area contributed by atoms with Gasteiger partial charge in [-0.25, -0.2) is 9.37 Å². The van der Waals surface area contributed by atoms with E-state index in [1.807, 2.05) is 17.5 Å². The number of piperidine rings is 1. The number of hydrogen-bond acceptors (Lipinski definition) is 4. The van der Waals surface area contributed by atoms with Gasteiger partial charge >= 0.3 is 0 Å². The Balaban J connectivity index is 1.67. The minimum Gasteiger partial charge on any atom is -0.369 e. The molecule has 1 aliphatic heterocycles. The summed E-state index contributed by atoms with van der Waals surface area (Å²) >= 11 is 1.54. The second kappa shape index (κ2) is 5.97. The number of thiazole rings is 1. The topological polar surface area (TPSA) is 59.2 Å². The number of primary amides is 1. The molecule has 0 bridgehead atoms. The Bertz CT molecular complexity index is 575. The predicted molar refractivity (Wildman–Crippen MR) is 82.2 cm³/mol. The van der Waals surface area contributed by atoms with E-state index in [1.54, 1.807) is 12.2 Å². The molecule has 0 aromatic carbocycles. The number of carbonyl (C=O) groups is 1. The number of alkyl halides is 1. The molecule has 1 aromatic heterocycles. The highest BCUT2D eigenvalue weighted by Gasteiger charge is 2.27. The first kappa shape index (κ1) is 14.3. The second-order valence-electron chi connectivity index (χ2n) is 5.46. The Hall–Kier alpha value is -1.69. The van der Waals surface area contributed by atoms with Gasteiger partial charge in [0.2, 0.25) is 5.91 Å². The zero-order valence-electron chi connectivity index (χ0n) is 11.6. The van der Waals surface area contributed by atoms with E-state index < -0.39 is 6.17 Å². The fraction of sp³-hybridized carbons (Fsp3) is 0.467. The number of nitrogens with zero attached hydrogens (tertiary/aromatic N) is 2. The second-order valence-corrected chi connectivity index (χ2v) is 6.30. The van der Waals surface area contributed by atoms with Crippen molar-refractivity contribution < 1.29 is 9.18 Å². The van der Waals surface area contributed by atoms with Crippen molar-refractivity contribution in [1.29, 1.82) is 0 Å². The SMILES string of the molecule is NC(=O)C1CCN(c2nc(C3C=CC=CC3F)cs2)CC1.